The maximum absolute atomic E-state index is 5.35. The minimum atomic E-state index is 0.551. The standard InChI is InChI=1S/C12H23N3O/c1-5-11-7-12(15(6-2)14-11)8-13-16-9-10(3)4/h7,10,13H,5-6,8-9H2,1-4H3. The van der Waals surface area contributed by atoms with Crippen molar-refractivity contribution in [1.29, 1.82) is 0 Å². The van der Waals surface area contributed by atoms with Crippen LogP contribution in [0.2, 0.25) is 0 Å². The molecule has 0 spiro atoms. The summed E-state index contributed by atoms with van der Waals surface area (Å²) >= 11 is 0. The maximum Gasteiger partial charge on any atom is 0.0705 e. The third-order valence-corrected chi connectivity index (χ3v) is 2.35. The van der Waals surface area contributed by atoms with Gasteiger partial charge >= 0.3 is 0 Å². The first kappa shape index (κ1) is 13.2. The number of hydroxylamine groups is 1. The van der Waals surface area contributed by atoms with Crippen molar-refractivity contribution < 1.29 is 4.84 Å². The average molecular weight is 225 g/mol. The van der Waals surface area contributed by atoms with Crippen LogP contribution >= 0.6 is 0 Å². The number of nitrogens with one attached hydrogen (secondary N) is 1. The molecule has 0 saturated heterocycles. The van der Waals surface area contributed by atoms with Gasteiger partial charge in [-0.3, -0.25) is 4.68 Å². The van der Waals surface area contributed by atoms with Gasteiger partial charge < -0.3 is 4.84 Å². The van der Waals surface area contributed by atoms with Crippen LogP contribution in [-0.4, -0.2) is 16.4 Å². The summed E-state index contributed by atoms with van der Waals surface area (Å²) in [4.78, 5) is 5.35. The third-order valence-electron chi connectivity index (χ3n) is 2.35. The smallest absolute Gasteiger partial charge is 0.0705 e. The van der Waals surface area contributed by atoms with Crippen molar-refractivity contribution in [2.24, 2.45) is 5.92 Å². The van der Waals surface area contributed by atoms with Gasteiger partial charge in [0.1, 0.15) is 0 Å². The summed E-state index contributed by atoms with van der Waals surface area (Å²) in [5, 5.41) is 4.48. The normalized spacial score (nSPS) is 11.3. The molecule has 92 valence electrons. The predicted octanol–water partition coefficient (Wildman–Crippen LogP) is 2.14. The molecule has 0 aliphatic rings. The van der Waals surface area contributed by atoms with Gasteiger partial charge in [0.05, 0.1) is 24.5 Å². The van der Waals surface area contributed by atoms with Gasteiger partial charge in [0, 0.05) is 6.54 Å². The summed E-state index contributed by atoms with van der Waals surface area (Å²) < 4.78 is 2.02. The Morgan fingerprint density at radius 3 is 2.75 bits per heavy atom. The Hall–Kier alpha value is -0.870. The molecule has 0 unspecified atom stereocenters. The van der Waals surface area contributed by atoms with Gasteiger partial charge in [-0.2, -0.15) is 10.6 Å². The lowest BCUT2D eigenvalue weighted by atomic mass is 10.2. The van der Waals surface area contributed by atoms with E-state index in [0.717, 1.165) is 25.3 Å². The quantitative estimate of drug-likeness (QED) is 0.571. The Morgan fingerprint density at radius 2 is 2.19 bits per heavy atom. The highest BCUT2D eigenvalue weighted by atomic mass is 16.6. The summed E-state index contributed by atoms with van der Waals surface area (Å²) in [6.07, 6.45) is 0.979. The molecule has 1 aromatic heterocycles. The topological polar surface area (TPSA) is 39.1 Å². The van der Waals surface area contributed by atoms with E-state index in [4.69, 9.17) is 4.84 Å². The highest BCUT2D eigenvalue weighted by molar-refractivity contribution is 5.10. The number of rotatable bonds is 7. The predicted molar refractivity (Wildman–Crippen MR) is 64.9 cm³/mol. The van der Waals surface area contributed by atoms with Crippen LogP contribution in [0.3, 0.4) is 0 Å². The van der Waals surface area contributed by atoms with Gasteiger partial charge in [0.15, 0.2) is 0 Å². The molecular weight excluding hydrogens is 202 g/mol. The minimum absolute atomic E-state index is 0.551. The van der Waals surface area contributed by atoms with Crippen LogP contribution in [0.15, 0.2) is 6.07 Å². The monoisotopic (exact) mass is 225 g/mol. The zero-order valence-electron chi connectivity index (χ0n) is 10.8. The van der Waals surface area contributed by atoms with Gasteiger partial charge in [-0.1, -0.05) is 20.8 Å². The Kier molecular flexibility index (Phi) is 5.49. The van der Waals surface area contributed by atoms with Crippen molar-refractivity contribution in [2.75, 3.05) is 6.61 Å². The lowest BCUT2D eigenvalue weighted by molar-refractivity contribution is 0.0184. The summed E-state index contributed by atoms with van der Waals surface area (Å²) in [6, 6.07) is 2.13. The molecule has 16 heavy (non-hydrogen) atoms. The maximum atomic E-state index is 5.35. The van der Waals surface area contributed by atoms with Crippen LogP contribution in [0.5, 0.6) is 0 Å². The largest absolute Gasteiger partial charge is 0.301 e. The van der Waals surface area contributed by atoms with Crippen LogP contribution in [-0.2, 0) is 24.3 Å². The summed E-state index contributed by atoms with van der Waals surface area (Å²) in [7, 11) is 0. The Morgan fingerprint density at radius 1 is 1.44 bits per heavy atom. The third kappa shape index (κ3) is 3.94. The summed E-state index contributed by atoms with van der Waals surface area (Å²) in [5.41, 5.74) is 5.31. The SMILES string of the molecule is CCc1cc(CNOCC(C)C)n(CC)n1. The molecule has 0 aliphatic heterocycles. The van der Waals surface area contributed by atoms with Gasteiger partial charge in [0.25, 0.3) is 0 Å². The molecule has 0 fully saturated rings. The first-order valence-electron chi connectivity index (χ1n) is 6.07. The van der Waals surface area contributed by atoms with Crippen molar-refractivity contribution >= 4 is 0 Å². The lowest BCUT2D eigenvalue weighted by Crippen LogP contribution is -2.19. The Labute approximate surface area is 97.9 Å². The van der Waals surface area contributed by atoms with E-state index in [1.54, 1.807) is 0 Å². The lowest BCUT2D eigenvalue weighted by Gasteiger charge is -2.08. The summed E-state index contributed by atoms with van der Waals surface area (Å²) in [5.74, 6) is 0.551. The van der Waals surface area contributed by atoms with Crippen LogP contribution in [0.25, 0.3) is 0 Å². The molecule has 0 atom stereocenters. The fraction of sp³-hybridized carbons (Fsp3) is 0.750. The number of hydrogen-bond donors (Lipinski definition) is 1. The van der Waals surface area contributed by atoms with Gasteiger partial charge in [0.2, 0.25) is 0 Å². The highest BCUT2D eigenvalue weighted by Gasteiger charge is 2.05. The Bertz CT molecular complexity index is 307. The molecule has 0 amide bonds. The molecule has 0 radical (unpaired) electrons. The first-order chi connectivity index (χ1) is 7.67. The highest BCUT2D eigenvalue weighted by Crippen LogP contribution is 2.05. The van der Waals surface area contributed by atoms with Crippen molar-refractivity contribution in [3.8, 4) is 0 Å². The first-order valence-corrected chi connectivity index (χ1v) is 6.07. The number of aromatic nitrogens is 2. The number of hydrogen-bond acceptors (Lipinski definition) is 3. The van der Waals surface area contributed by atoms with Crippen molar-refractivity contribution in [3.05, 3.63) is 17.5 Å². The van der Waals surface area contributed by atoms with E-state index >= 15 is 0 Å². The molecule has 0 aromatic carbocycles. The van der Waals surface area contributed by atoms with E-state index in [2.05, 4.69) is 44.3 Å². The van der Waals surface area contributed by atoms with E-state index in [9.17, 15) is 0 Å². The zero-order valence-corrected chi connectivity index (χ0v) is 10.8. The fourth-order valence-corrected chi connectivity index (χ4v) is 1.45. The molecular formula is C12H23N3O. The van der Waals surface area contributed by atoms with Crippen molar-refractivity contribution in [1.82, 2.24) is 15.3 Å². The second-order valence-electron chi connectivity index (χ2n) is 4.32. The molecule has 1 aromatic rings. The minimum Gasteiger partial charge on any atom is -0.301 e. The van der Waals surface area contributed by atoms with E-state index in [1.807, 2.05) is 4.68 Å². The van der Waals surface area contributed by atoms with E-state index in [1.165, 1.54) is 5.69 Å². The van der Waals surface area contributed by atoms with Gasteiger partial charge in [-0.25, -0.2) is 0 Å². The van der Waals surface area contributed by atoms with Crippen LogP contribution in [0, 0.1) is 5.92 Å². The van der Waals surface area contributed by atoms with E-state index < -0.39 is 0 Å². The molecule has 1 heterocycles. The van der Waals surface area contributed by atoms with Gasteiger partial charge in [-0.05, 0) is 25.3 Å². The molecule has 4 heteroatoms. The number of aryl methyl sites for hydroxylation is 2. The number of nitrogens with zero attached hydrogens (tertiary/aromatic N) is 2. The second-order valence-corrected chi connectivity index (χ2v) is 4.32. The summed E-state index contributed by atoms with van der Waals surface area (Å²) in [6.45, 7) is 10.8. The van der Waals surface area contributed by atoms with E-state index in [0.29, 0.717) is 12.5 Å². The molecule has 0 aliphatic carbocycles. The average Bonchev–Trinajstić information content (AvgIpc) is 2.66. The molecule has 1 rings (SSSR count). The van der Waals surface area contributed by atoms with Gasteiger partial charge in [-0.15, -0.1) is 0 Å². The van der Waals surface area contributed by atoms with Crippen molar-refractivity contribution in [2.45, 2.75) is 47.2 Å². The van der Waals surface area contributed by atoms with E-state index in [-0.39, 0.29) is 0 Å². The van der Waals surface area contributed by atoms with Crippen molar-refractivity contribution in [3.63, 3.8) is 0 Å². The second kappa shape index (κ2) is 6.66. The van der Waals surface area contributed by atoms with Crippen LogP contribution in [0.4, 0.5) is 0 Å². The molecule has 0 saturated carbocycles. The van der Waals surface area contributed by atoms with Crippen LogP contribution in [0.1, 0.15) is 39.1 Å². The molecule has 0 bridgehead atoms. The molecule has 4 nitrogen and oxygen atoms in total. The fourth-order valence-electron chi connectivity index (χ4n) is 1.45. The Balaban J connectivity index is 2.43. The van der Waals surface area contributed by atoms with Crippen LogP contribution < -0.4 is 5.48 Å². The zero-order chi connectivity index (χ0) is 12.0. The molecule has 1 N–H and O–H groups in total.